The van der Waals surface area contributed by atoms with Crippen LogP contribution in [0, 0.1) is 0 Å². The second-order valence-corrected chi connectivity index (χ2v) is 5.52. The summed E-state index contributed by atoms with van der Waals surface area (Å²) >= 11 is 5.69. The van der Waals surface area contributed by atoms with E-state index in [2.05, 4.69) is 9.80 Å². The third-order valence-corrected chi connectivity index (χ3v) is 4.18. The van der Waals surface area contributed by atoms with Crippen molar-refractivity contribution in [3.8, 4) is 0 Å². The Kier molecular flexibility index (Phi) is 6.06. The van der Waals surface area contributed by atoms with Gasteiger partial charge in [0.1, 0.15) is 0 Å². The molecule has 0 aromatic rings. The Balaban J connectivity index is 1.61. The minimum absolute atomic E-state index is 0.784. The predicted octanol–water partition coefficient (Wildman–Crippen LogP) is 1.80. The van der Waals surface area contributed by atoms with E-state index >= 15 is 0 Å². The van der Waals surface area contributed by atoms with E-state index < -0.39 is 0 Å². The van der Waals surface area contributed by atoms with Crippen LogP contribution >= 0.6 is 11.6 Å². The molecule has 0 radical (unpaired) electrons. The molecule has 3 nitrogen and oxygen atoms in total. The average Bonchev–Trinajstić information content (AvgIpc) is 2.85. The molecule has 1 unspecified atom stereocenters. The Bertz CT molecular complexity index is 210. The van der Waals surface area contributed by atoms with Gasteiger partial charge in [0.05, 0.1) is 13.2 Å². The smallest absolute Gasteiger partial charge is 0.0594 e. The molecule has 0 aromatic heterocycles. The molecular weight excluding hydrogens is 236 g/mol. The number of unbranched alkanes of at least 4 members (excludes halogenated alkanes) is 2. The zero-order valence-corrected chi connectivity index (χ0v) is 11.5. The Morgan fingerprint density at radius 3 is 2.65 bits per heavy atom. The molecular formula is C13H25ClN2O. The van der Waals surface area contributed by atoms with E-state index in [-0.39, 0.29) is 0 Å². The molecule has 17 heavy (non-hydrogen) atoms. The van der Waals surface area contributed by atoms with Crippen molar-refractivity contribution in [1.82, 2.24) is 9.80 Å². The van der Waals surface area contributed by atoms with E-state index in [0.717, 1.165) is 38.2 Å². The summed E-state index contributed by atoms with van der Waals surface area (Å²) in [5.41, 5.74) is 0. The van der Waals surface area contributed by atoms with Crippen molar-refractivity contribution >= 4 is 11.6 Å². The van der Waals surface area contributed by atoms with Crippen molar-refractivity contribution in [2.75, 3.05) is 51.8 Å². The first-order chi connectivity index (χ1) is 8.40. The predicted molar refractivity (Wildman–Crippen MR) is 71.8 cm³/mol. The number of morpholine rings is 1. The van der Waals surface area contributed by atoms with Crippen molar-refractivity contribution < 1.29 is 4.74 Å². The molecule has 0 aliphatic carbocycles. The molecule has 0 aromatic carbocycles. The topological polar surface area (TPSA) is 15.7 Å². The maximum Gasteiger partial charge on any atom is 0.0594 e. The van der Waals surface area contributed by atoms with Gasteiger partial charge in [0, 0.05) is 31.6 Å². The lowest BCUT2D eigenvalue weighted by atomic mass is 10.2. The third kappa shape index (κ3) is 4.40. The van der Waals surface area contributed by atoms with E-state index in [1.54, 1.807) is 0 Å². The molecule has 0 spiro atoms. The van der Waals surface area contributed by atoms with Crippen LogP contribution in [0.3, 0.4) is 0 Å². The molecule has 2 saturated heterocycles. The van der Waals surface area contributed by atoms with Crippen molar-refractivity contribution in [3.05, 3.63) is 0 Å². The Hall–Kier alpha value is 0.170. The van der Waals surface area contributed by atoms with Gasteiger partial charge in [0.25, 0.3) is 0 Å². The summed E-state index contributed by atoms with van der Waals surface area (Å²) < 4.78 is 5.41. The van der Waals surface area contributed by atoms with Gasteiger partial charge in [-0.25, -0.2) is 0 Å². The number of halogens is 1. The number of ether oxygens (including phenoxy) is 1. The molecule has 0 N–H and O–H groups in total. The number of nitrogens with zero attached hydrogens (tertiary/aromatic N) is 2. The molecule has 2 aliphatic rings. The fraction of sp³-hybridized carbons (Fsp3) is 1.00. The summed E-state index contributed by atoms with van der Waals surface area (Å²) in [5, 5.41) is 0. The highest BCUT2D eigenvalue weighted by molar-refractivity contribution is 6.17. The lowest BCUT2D eigenvalue weighted by molar-refractivity contribution is 0.0185. The zero-order chi connectivity index (χ0) is 11.9. The van der Waals surface area contributed by atoms with Crippen LogP contribution in [0.4, 0.5) is 0 Å². The zero-order valence-electron chi connectivity index (χ0n) is 10.7. The van der Waals surface area contributed by atoms with E-state index in [1.165, 1.54) is 45.3 Å². The van der Waals surface area contributed by atoms with Crippen LogP contribution in [0.15, 0.2) is 0 Å². The Morgan fingerprint density at radius 2 is 1.88 bits per heavy atom. The number of rotatable bonds is 6. The van der Waals surface area contributed by atoms with Crippen molar-refractivity contribution in [3.63, 3.8) is 0 Å². The van der Waals surface area contributed by atoms with Gasteiger partial charge in [-0.05, 0) is 32.4 Å². The minimum Gasteiger partial charge on any atom is -0.379 e. The third-order valence-electron chi connectivity index (χ3n) is 3.92. The van der Waals surface area contributed by atoms with Gasteiger partial charge in [-0.1, -0.05) is 6.42 Å². The second-order valence-electron chi connectivity index (χ2n) is 5.14. The molecule has 2 aliphatic heterocycles. The maximum absolute atomic E-state index is 5.69. The Labute approximate surface area is 110 Å². The summed E-state index contributed by atoms with van der Waals surface area (Å²) in [7, 11) is 0. The summed E-state index contributed by atoms with van der Waals surface area (Å²) in [6.07, 6.45) is 5.10. The van der Waals surface area contributed by atoms with Gasteiger partial charge >= 0.3 is 0 Å². The standard InChI is InChI=1S/C13H25ClN2O/c14-5-2-1-3-6-15-7-4-13(12-15)16-8-10-17-11-9-16/h13H,1-12H2. The molecule has 0 saturated carbocycles. The van der Waals surface area contributed by atoms with E-state index in [4.69, 9.17) is 16.3 Å². The van der Waals surface area contributed by atoms with Crippen LogP contribution in [0.25, 0.3) is 0 Å². The maximum atomic E-state index is 5.69. The van der Waals surface area contributed by atoms with Crippen molar-refractivity contribution in [2.45, 2.75) is 31.7 Å². The second kappa shape index (κ2) is 7.57. The summed E-state index contributed by atoms with van der Waals surface area (Å²) in [4.78, 5) is 5.23. The largest absolute Gasteiger partial charge is 0.379 e. The monoisotopic (exact) mass is 260 g/mol. The first-order valence-electron chi connectivity index (χ1n) is 7.00. The van der Waals surface area contributed by atoms with Crippen molar-refractivity contribution in [1.29, 1.82) is 0 Å². The lowest BCUT2D eigenvalue weighted by Gasteiger charge is -2.32. The molecule has 0 amide bonds. The number of hydrogen-bond acceptors (Lipinski definition) is 3. The number of likely N-dealkylation sites (tertiary alicyclic amines) is 1. The molecule has 100 valence electrons. The van der Waals surface area contributed by atoms with Gasteiger partial charge < -0.3 is 9.64 Å². The van der Waals surface area contributed by atoms with Gasteiger partial charge in [-0.15, -0.1) is 11.6 Å². The lowest BCUT2D eigenvalue weighted by Crippen LogP contribution is -2.44. The SMILES string of the molecule is ClCCCCCN1CCC(N2CCOCC2)C1. The first-order valence-corrected chi connectivity index (χ1v) is 7.53. The summed E-state index contributed by atoms with van der Waals surface area (Å²) in [5.74, 6) is 0.816. The fourth-order valence-corrected chi connectivity index (χ4v) is 3.05. The van der Waals surface area contributed by atoms with Crippen LogP contribution in [0.1, 0.15) is 25.7 Å². The number of hydrogen-bond donors (Lipinski definition) is 0. The first kappa shape index (κ1) is 13.6. The van der Waals surface area contributed by atoms with Crippen LogP contribution in [0.2, 0.25) is 0 Å². The highest BCUT2D eigenvalue weighted by Gasteiger charge is 2.27. The van der Waals surface area contributed by atoms with Gasteiger partial charge in [-0.2, -0.15) is 0 Å². The normalized spacial score (nSPS) is 27.7. The van der Waals surface area contributed by atoms with Gasteiger partial charge in [0.2, 0.25) is 0 Å². The Morgan fingerprint density at radius 1 is 1.06 bits per heavy atom. The highest BCUT2D eigenvalue weighted by atomic mass is 35.5. The van der Waals surface area contributed by atoms with E-state index in [1.807, 2.05) is 0 Å². The van der Waals surface area contributed by atoms with Gasteiger partial charge in [0.15, 0.2) is 0 Å². The average molecular weight is 261 g/mol. The van der Waals surface area contributed by atoms with Crippen LogP contribution in [-0.4, -0.2) is 67.7 Å². The van der Waals surface area contributed by atoms with Crippen LogP contribution in [0.5, 0.6) is 0 Å². The molecule has 0 bridgehead atoms. The highest BCUT2D eigenvalue weighted by Crippen LogP contribution is 2.17. The number of alkyl halides is 1. The van der Waals surface area contributed by atoms with E-state index in [9.17, 15) is 0 Å². The molecule has 2 heterocycles. The van der Waals surface area contributed by atoms with E-state index in [0.29, 0.717) is 0 Å². The quantitative estimate of drug-likeness (QED) is 0.535. The fourth-order valence-electron chi connectivity index (χ4n) is 2.86. The van der Waals surface area contributed by atoms with Crippen molar-refractivity contribution in [2.24, 2.45) is 0 Å². The van der Waals surface area contributed by atoms with Crippen LogP contribution in [-0.2, 0) is 4.74 Å². The summed E-state index contributed by atoms with van der Waals surface area (Å²) in [6.45, 7) is 7.91. The van der Waals surface area contributed by atoms with Crippen LogP contribution < -0.4 is 0 Å². The molecule has 2 rings (SSSR count). The van der Waals surface area contributed by atoms with Gasteiger partial charge in [-0.3, -0.25) is 4.90 Å². The molecule has 2 fully saturated rings. The minimum atomic E-state index is 0.784. The summed E-state index contributed by atoms with van der Waals surface area (Å²) in [6, 6.07) is 0.784. The molecule has 4 heteroatoms. The molecule has 1 atom stereocenters.